The molecular weight excluding hydrogens is 338 g/mol. The Morgan fingerprint density at radius 3 is 2.37 bits per heavy atom. The Bertz CT molecular complexity index is 766. The normalized spacial score (nSPS) is 9.81. The Balaban J connectivity index is 0.000000650. The minimum absolute atomic E-state index is 0. The Morgan fingerprint density at radius 1 is 1.07 bits per heavy atom. The highest BCUT2D eigenvalue weighted by Gasteiger charge is 2.10. The average molecular weight is 376 g/mol. The van der Waals surface area contributed by atoms with Crippen LogP contribution in [0.15, 0.2) is 24.3 Å². The van der Waals surface area contributed by atoms with Crippen LogP contribution in [-0.2, 0) is 6.42 Å². The van der Waals surface area contributed by atoms with Crippen LogP contribution in [0, 0.1) is 0 Å². The molecule has 152 valence electrons. The van der Waals surface area contributed by atoms with Crippen molar-refractivity contribution in [3.63, 3.8) is 0 Å². The lowest BCUT2D eigenvalue weighted by Crippen LogP contribution is -1.98. The number of imidazole rings is 1. The van der Waals surface area contributed by atoms with Crippen LogP contribution in [-0.4, -0.2) is 33.2 Å². The van der Waals surface area contributed by atoms with E-state index in [-0.39, 0.29) is 14.0 Å². The van der Waals surface area contributed by atoms with Gasteiger partial charge in [-0.3, -0.25) is 0 Å². The molecule has 0 atom stereocenters. The topological polar surface area (TPSA) is 114 Å². The number of aromatic nitrogens is 3. The third-order valence-corrected chi connectivity index (χ3v) is 3.79. The number of aliphatic hydroxyl groups excluding tert-OH is 1. The smallest absolute Gasteiger partial charge is 0.150 e. The maximum atomic E-state index is 8.14. The highest BCUT2D eigenvalue weighted by molar-refractivity contribution is 6.05. The van der Waals surface area contributed by atoms with Crippen LogP contribution >= 0.6 is 0 Å². The summed E-state index contributed by atoms with van der Waals surface area (Å²) in [7, 11) is 0. The van der Waals surface area contributed by atoms with Crippen molar-refractivity contribution < 1.29 is 5.11 Å². The second-order valence-electron chi connectivity index (χ2n) is 5.74. The number of hydrogen-bond acceptors (Lipinski definition) is 5. The maximum Gasteiger partial charge on any atom is 0.150 e. The summed E-state index contributed by atoms with van der Waals surface area (Å²) in [6.07, 6.45) is 5.03. The fourth-order valence-corrected chi connectivity index (χ4v) is 2.48. The minimum atomic E-state index is 0. The highest BCUT2D eigenvalue weighted by Crippen LogP contribution is 2.26. The number of unbranched alkanes of at least 4 members (excludes halogenated alkanes) is 2. The number of nitrogen functional groups attached to an aromatic ring is 1. The number of pyridine rings is 1. The number of nitrogens with one attached hydrogen (secondary N) is 1. The summed E-state index contributed by atoms with van der Waals surface area (Å²) < 4.78 is 0. The van der Waals surface area contributed by atoms with Crippen molar-refractivity contribution in [3.05, 3.63) is 30.1 Å². The first-order valence-electron chi connectivity index (χ1n) is 9.55. The van der Waals surface area contributed by atoms with Gasteiger partial charge in [0, 0.05) is 18.4 Å². The second-order valence-corrected chi connectivity index (χ2v) is 5.74. The van der Waals surface area contributed by atoms with Gasteiger partial charge in [0.25, 0.3) is 0 Å². The van der Waals surface area contributed by atoms with Crippen molar-refractivity contribution in [2.24, 2.45) is 5.73 Å². The molecule has 0 bridgehead atoms. The second kappa shape index (κ2) is 13.9. The van der Waals surface area contributed by atoms with Crippen LogP contribution < -0.4 is 11.5 Å². The largest absolute Gasteiger partial charge is 0.396 e. The quantitative estimate of drug-likeness (QED) is 0.476. The fraction of sp³-hybridized carbons (Fsp3) is 0.524. The number of benzene rings is 1. The Hall–Kier alpha value is -2.18. The molecule has 3 aromatic rings. The zero-order valence-electron chi connectivity index (χ0n) is 16.3. The summed E-state index contributed by atoms with van der Waals surface area (Å²) in [6, 6.07) is 7.96. The number of nitrogens with zero attached hydrogens (tertiary/aromatic N) is 2. The van der Waals surface area contributed by atoms with Crippen molar-refractivity contribution in [1.82, 2.24) is 15.0 Å². The SMILES string of the molecule is C.CC.CCCCc1nc2c([nH]1)c(N)nc1ccccc12.NCCCCO. The molecule has 0 aliphatic carbocycles. The first kappa shape index (κ1) is 24.8. The van der Waals surface area contributed by atoms with Gasteiger partial charge in [-0.2, -0.15) is 0 Å². The number of hydrogen-bond donors (Lipinski definition) is 4. The van der Waals surface area contributed by atoms with Gasteiger partial charge in [0.15, 0.2) is 0 Å². The summed E-state index contributed by atoms with van der Waals surface area (Å²) in [5.41, 5.74) is 13.8. The molecule has 6 heteroatoms. The lowest BCUT2D eigenvalue weighted by Gasteiger charge is -1.99. The van der Waals surface area contributed by atoms with Crippen LogP contribution in [0.4, 0.5) is 5.82 Å². The van der Waals surface area contributed by atoms with E-state index in [1.165, 1.54) is 0 Å². The number of H-pyrrole nitrogens is 1. The number of rotatable bonds is 6. The first-order valence-corrected chi connectivity index (χ1v) is 9.55. The van der Waals surface area contributed by atoms with Gasteiger partial charge in [0.2, 0.25) is 0 Å². The van der Waals surface area contributed by atoms with E-state index < -0.39 is 0 Å². The van der Waals surface area contributed by atoms with E-state index in [4.69, 9.17) is 16.6 Å². The molecule has 0 aliphatic rings. The fourth-order valence-electron chi connectivity index (χ4n) is 2.48. The number of aryl methyl sites for hydroxylation is 1. The van der Waals surface area contributed by atoms with E-state index in [1.807, 2.05) is 38.1 Å². The molecule has 0 amide bonds. The summed E-state index contributed by atoms with van der Waals surface area (Å²) in [5.74, 6) is 1.52. The van der Waals surface area contributed by atoms with Crippen molar-refractivity contribution in [2.45, 2.75) is 60.3 Å². The van der Waals surface area contributed by atoms with Gasteiger partial charge in [0.05, 0.1) is 5.52 Å². The summed E-state index contributed by atoms with van der Waals surface area (Å²) in [6.45, 7) is 7.14. The van der Waals surface area contributed by atoms with E-state index in [0.29, 0.717) is 12.4 Å². The summed E-state index contributed by atoms with van der Waals surface area (Å²) >= 11 is 0. The predicted molar refractivity (Wildman–Crippen MR) is 118 cm³/mol. The molecule has 2 aromatic heterocycles. The van der Waals surface area contributed by atoms with Crippen LogP contribution in [0.3, 0.4) is 0 Å². The van der Waals surface area contributed by atoms with Crippen molar-refractivity contribution in [3.8, 4) is 0 Å². The van der Waals surface area contributed by atoms with Gasteiger partial charge >= 0.3 is 0 Å². The molecule has 6 N–H and O–H groups in total. The molecule has 0 aliphatic heterocycles. The van der Waals surface area contributed by atoms with E-state index in [9.17, 15) is 0 Å². The number of anilines is 1. The van der Waals surface area contributed by atoms with E-state index in [2.05, 4.69) is 21.9 Å². The average Bonchev–Trinajstić information content (AvgIpc) is 3.12. The van der Waals surface area contributed by atoms with Gasteiger partial charge < -0.3 is 21.6 Å². The molecule has 2 heterocycles. The highest BCUT2D eigenvalue weighted by atomic mass is 16.2. The number of aliphatic hydroxyl groups is 1. The molecule has 0 radical (unpaired) electrons. The number of aromatic amines is 1. The van der Waals surface area contributed by atoms with Crippen molar-refractivity contribution in [2.75, 3.05) is 18.9 Å². The third kappa shape index (κ3) is 7.15. The summed E-state index contributed by atoms with van der Waals surface area (Å²) in [5, 5.41) is 9.20. The molecule has 0 unspecified atom stereocenters. The van der Waals surface area contributed by atoms with Gasteiger partial charge in [-0.05, 0) is 31.9 Å². The van der Waals surface area contributed by atoms with Gasteiger partial charge in [-0.25, -0.2) is 9.97 Å². The lowest BCUT2D eigenvalue weighted by atomic mass is 10.2. The maximum absolute atomic E-state index is 8.14. The third-order valence-electron chi connectivity index (χ3n) is 3.79. The van der Waals surface area contributed by atoms with Crippen molar-refractivity contribution >= 4 is 27.8 Å². The molecule has 0 saturated heterocycles. The standard InChI is InChI=1S/C14H16N4.C4H11NO.C2H6.CH4/c1-2-3-8-11-17-12-9-6-4-5-7-10(9)16-14(15)13(12)18-11;5-3-1-2-4-6;1-2;/h4-7H,2-3,8H2,1H3,(H2,15,16)(H,17,18);6H,1-5H2;1-2H3;1H4. The lowest BCUT2D eigenvalue weighted by molar-refractivity contribution is 0.285. The number of fused-ring (bicyclic) bond motifs is 3. The van der Waals surface area contributed by atoms with E-state index >= 15 is 0 Å². The molecule has 1 aromatic carbocycles. The van der Waals surface area contributed by atoms with Crippen LogP contribution in [0.1, 0.15) is 59.7 Å². The zero-order valence-corrected chi connectivity index (χ0v) is 16.3. The van der Waals surface area contributed by atoms with Gasteiger partial charge in [-0.1, -0.05) is 52.8 Å². The number of nitrogens with two attached hydrogens (primary N) is 2. The minimum Gasteiger partial charge on any atom is -0.396 e. The molecule has 0 fully saturated rings. The van der Waals surface area contributed by atoms with E-state index in [0.717, 1.165) is 59.9 Å². The Labute approximate surface area is 163 Å². The van der Waals surface area contributed by atoms with Gasteiger partial charge in [-0.15, -0.1) is 0 Å². The summed E-state index contributed by atoms with van der Waals surface area (Å²) in [4.78, 5) is 12.4. The monoisotopic (exact) mass is 375 g/mol. The number of para-hydroxylation sites is 1. The molecule has 0 spiro atoms. The van der Waals surface area contributed by atoms with Crippen molar-refractivity contribution in [1.29, 1.82) is 0 Å². The zero-order chi connectivity index (χ0) is 19.4. The first-order chi connectivity index (χ1) is 12.7. The van der Waals surface area contributed by atoms with Crippen LogP contribution in [0.25, 0.3) is 21.9 Å². The molecule has 6 nitrogen and oxygen atoms in total. The van der Waals surface area contributed by atoms with Crippen LogP contribution in [0.5, 0.6) is 0 Å². The Morgan fingerprint density at radius 2 is 1.78 bits per heavy atom. The molecule has 0 saturated carbocycles. The van der Waals surface area contributed by atoms with E-state index in [1.54, 1.807) is 0 Å². The predicted octanol–water partition coefficient (Wildman–Crippen LogP) is 4.42. The molecular formula is C21H37N5O. The van der Waals surface area contributed by atoms with Gasteiger partial charge in [0.1, 0.15) is 22.7 Å². The Kier molecular flexibility index (Phi) is 12.8. The molecule has 3 rings (SSSR count). The molecule has 27 heavy (non-hydrogen) atoms. The van der Waals surface area contributed by atoms with Crippen LogP contribution in [0.2, 0.25) is 0 Å².